The number of nitrogens with zero attached hydrogens (tertiary/aromatic N) is 4. The van der Waals surface area contributed by atoms with Gasteiger partial charge in [-0.3, -0.25) is 19.3 Å². The highest BCUT2D eigenvalue weighted by Crippen LogP contribution is 2.12. The van der Waals surface area contributed by atoms with Gasteiger partial charge in [0.15, 0.2) is 5.82 Å². The van der Waals surface area contributed by atoms with Crippen molar-refractivity contribution < 1.29 is 9.59 Å². The van der Waals surface area contributed by atoms with Crippen molar-refractivity contribution in [1.29, 1.82) is 0 Å². The summed E-state index contributed by atoms with van der Waals surface area (Å²) in [5, 5.41) is 9.41. The highest BCUT2D eigenvalue weighted by molar-refractivity contribution is 6.39. The number of amides is 2. The second-order valence-corrected chi connectivity index (χ2v) is 6.77. The first-order chi connectivity index (χ1) is 14.0. The van der Waals surface area contributed by atoms with Crippen molar-refractivity contribution in [2.24, 2.45) is 0 Å². The van der Waals surface area contributed by atoms with E-state index in [9.17, 15) is 9.59 Å². The summed E-state index contributed by atoms with van der Waals surface area (Å²) in [6.45, 7) is 0.932. The number of benzene rings is 1. The van der Waals surface area contributed by atoms with Gasteiger partial charge in [-0.05, 0) is 41.8 Å². The van der Waals surface area contributed by atoms with Gasteiger partial charge in [0.1, 0.15) is 0 Å². The molecule has 8 nitrogen and oxygen atoms in total. The molecule has 0 bridgehead atoms. The molecule has 3 rings (SSSR count). The van der Waals surface area contributed by atoms with Gasteiger partial charge in [-0.15, -0.1) is 0 Å². The number of hydrogen-bond acceptors (Lipinski definition) is 5. The van der Waals surface area contributed by atoms with Crippen LogP contribution in [0.1, 0.15) is 11.1 Å². The van der Waals surface area contributed by atoms with E-state index in [-0.39, 0.29) is 0 Å². The normalized spacial score (nSPS) is 10.4. The maximum atomic E-state index is 12.1. The van der Waals surface area contributed by atoms with Crippen LogP contribution in [0.4, 0.5) is 11.5 Å². The van der Waals surface area contributed by atoms with Crippen LogP contribution in [-0.4, -0.2) is 47.2 Å². The molecule has 29 heavy (non-hydrogen) atoms. The van der Waals surface area contributed by atoms with Crippen LogP contribution in [0.5, 0.6) is 0 Å². The van der Waals surface area contributed by atoms with Gasteiger partial charge in [0.25, 0.3) is 0 Å². The Morgan fingerprint density at radius 2 is 1.69 bits per heavy atom. The lowest BCUT2D eigenvalue weighted by atomic mass is 10.1. The lowest BCUT2D eigenvalue weighted by Crippen LogP contribution is -2.36. The van der Waals surface area contributed by atoms with Gasteiger partial charge in [-0.1, -0.05) is 12.1 Å². The monoisotopic (exact) mass is 392 g/mol. The molecule has 150 valence electrons. The Bertz CT molecular complexity index is 951. The van der Waals surface area contributed by atoms with E-state index in [1.807, 2.05) is 55.4 Å². The minimum atomic E-state index is -0.734. The minimum Gasteiger partial charge on any atom is -0.378 e. The molecule has 0 fully saturated rings. The Morgan fingerprint density at radius 1 is 0.966 bits per heavy atom. The average molecular weight is 392 g/mol. The van der Waals surface area contributed by atoms with E-state index in [1.54, 1.807) is 29.3 Å². The summed E-state index contributed by atoms with van der Waals surface area (Å²) in [5.74, 6) is -1.08. The summed E-state index contributed by atoms with van der Waals surface area (Å²) in [6.07, 6.45) is 5.81. The third-order valence-electron chi connectivity index (χ3n) is 4.33. The molecule has 0 spiro atoms. The Balaban J connectivity index is 1.44. The second kappa shape index (κ2) is 9.50. The van der Waals surface area contributed by atoms with E-state index in [1.165, 1.54) is 0 Å². The molecule has 0 saturated heterocycles. The fraction of sp³-hybridized carbons (Fsp3) is 0.238. The molecule has 0 aliphatic rings. The molecule has 1 aromatic carbocycles. The zero-order valence-corrected chi connectivity index (χ0v) is 16.5. The summed E-state index contributed by atoms with van der Waals surface area (Å²) in [5.41, 5.74) is 3.24. The van der Waals surface area contributed by atoms with Gasteiger partial charge in [0.2, 0.25) is 0 Å². The van der Waals surface area contributed by atoms with Crippen LogP contribution in [-0.2, 0) is 22.6 Å². The molecule has 2 N–H and O–H groups in total. The van der Waals surface area contributed by atoms with Crippen molar-refractivity contribution in [2.45, 2.75) is 13.0 Å². The largest absolute Gasteiger partial charge is 0.378 e. The van der Waals surface area contributed by atoms with Crippen LogP contribution in [0.2, 0.25) is 0 Å². The first-order valence-corrected chi connectivity index (χ1v) is 9.29. The number of carbonyl (C=O) groups excluding carboxylic acids is 2. The summed E-state index contributed by atoms with van der Waals surface area (Å²) in [4.78, 5) is 30.1. The predicted molar refractivity (Wildman–Crippen MR) is 112 cm³/mol. The fourth-order valence-corrected chi connectivity index (χ4v) is 2.73. The number of carbonyl (C=O) groups is 2. The molecule has 0 atom stereocenters. The van der Waals surface area contributed by atoms with Crippen LogP contribution in [0.3, 0.4) is 0 Å². The number of rotatable bonds is 7. The van der Waals surface area contributed by atoms with Crippen molar-refractivity contribution in [3.63, 3.8) is 0 Å². The summed E-state index contributed by atoms with van der Waals surface area (Å²) < 4.78 is 1.68. The summed E-state index contributed by atoms with van der Waals surface area (Å²) in [7, 11) is 3.96. The average Bonchev–Trinajstić information content (AvgIpc) is 3.15. The SMILES string of the molecule is CN(C)c1ccc(CCNC(=O)C(=O)Nc2ccn(Cc3ccncc3)n2)cc1. The van der Waals surface area contributed by atoms with Crippen LogP contribution in [0.15, 0.2) is 61.1 Å². The van der Waals surface area contributed by atoms with Gasteiger partial charge in [0.05, 0.1) is 6.54 Å². The van der Waals surface area contributed by atoms with E-state index in [0.29, 0.717) is 25.3 Å². The Kier molecular flexibility index (Phi) is 6.57. The van der Waals surface area contributed by atoms with Gasteiger partial charge in [-0.25, -0.2) is 0 Å². The van der Waals surface area contributed by atoms with Crippen LogP contribution < -0.4 is 15.5 Å². The number of anilines is 2. The molecule has 8 heteroatoms. The molecule has 0 saturated carbocycles. The molecular weight excluding hydrogens is 368 g/mol. The van der Waals surface area contributed by atoms with Crippen molar-refractivity contribution >= 4 is 23.3 Å². The number of hydrogen-bond donors (Lipinski definition) is 2. The lowest BCUT2D eigenvalue weighted by molar-refractivity contribution is -0.136. The third-order valence-corrected chi connectivity index (χ3v) is 4.33. The van der Waals surface area contributed by atoms with E-state index in [2.05, 4.69) is 20.7 Å². The topological polar surface area (TPSA) is 92.2 Å². The van der Waals surface area contributed by atoms with Crippen LogP contribution in [0, 0.1) is 0 Å². The molecule has 0 aliphatic heterocycles. The van der Waals surface area contributed by atoms with Gasteiger partial charge in [0, 0.05) is 51.0 Å². The second-order valence-electron chi connectivity index (χ2n) is 6.77. The molecule has 2 heterocycles. The molecule has 2 aromatic heterocycles. The standard InChI is InChI=1S/C21H24N6O2/c1-26(2)18-5-3-16(4-6-18)9-13-23-20(28)21(29)24-19-10-14-27(25-19)15-17-7-11-22-12-8-17/h3-8,10-12,14H,9,13,15H2,1-2H3,(H,23,28)(H,24,25,29). The number of nitrogens with one attached hydrogen (secondary N) is 2. The molecule has 0 unspecified atom stereocenters. The first-order valence-electron chi connectivity index (χ1n) is 9.29. The van der Waals surface area contributed by atoms with Crippen molar-refractivity contribution in [1.82, 2.24) is 20.1 Å². The van der Waals surface area contributed by atoms with E-state index >= 15 is 0 Å². The number of aromatic nitrogens is 3. The van der Waals surface area contributed by atoms with Crippen LogP contribution >= 0.6 is 0 Å². The van der Waals surface area contributed by atoms with E-state index in [4.69, 9.17) is 0 Å². The number of pyridine rings is 1. The predicted octanol–water partition coefficient (Wildman–Crippen LogP) is 1.69. The summed E-state index contributed by atoms with van der Waals surface area (Å²) in [6, 6.07) is 13.5. The Morgan fingerprint density at radius 3 is 2.38 bits per heavy atom. The van der Waals surface area contributed by atoms with Gasteiger partial charge in [-0.2, -0.15) is 5.10 Å². The van der Waals surface area contributed by atoms with Gasteiger partial charge < -0.3 is 15.5 Å². The molecule has 3 aromatic rings. The fourth-order valence-electron chi connectivity index (χ4n) is 2.73. The van der Waals surface area contributed by atoms with Gasteiger partial charge >= 0.3 is 11.8 Å². The first kappa shape index (κ1) is 20.1. The van der Waals surface area contributed by atoms with Crippen molar-refractivity contribution in [2.75, 3.05) is 30.9 Å². The molecule has 0 radical (unpaired) electrons. The molecule has 2 amide bonds. The van der Waals surface area contributed by atoms with Crippen molar-refractivity contribution in [3.05, 3.63) is 72.2 Å². The lowest BCUT2D eigenvalue weighted by Gasteiger charge is -2.12. The highest BCUT2D eigenvalue weighted by Gasteiger charge is 2.14. The van der Waals surface area contributed by atoms with Crippen molar-refractivity contribution in [3.8, 4) is 0 Å². The quantitative estimate of drug-likeness (QED) is 0.597. The molecular formula is C21H24N6O2. The minimum absolute atomic E-state index is 0.332. The zero-order valence-electron chi connectivity index (χ0n) is 16.5. The van der Waals surface area contributed by atoms with E-state index in [0.717, 1.165) is 16.8 Å². The van der Waals surface area contributed by atoms with Crippen LogP contribution in [0.25, 0.3) is 0 Å². The Labute approximate surface area is 169 Å². The molecule has 0 aliphatic carbocycles. The maximum absolute atomic E-state index is 12.1. The zero-order chi connectivity index (χ0) is 20.6. The maximum Gasteiger partial charge on any atom is 0.314 e. The van der Waals surface area contributed by atoms with E-state index < -0.39 is 11.8 Å². The smallest absolute Gasteiger partial charge is 0.314 e. The summed E-state index contributed by atoms with van der Waals surface area (Å²) >= 11 is 0. The third kappa shape index (κ3) is 5.90. The highest BCUT2D eigenvalue weighted by atomic mass is 16.2. The Hall–Kier alpha value is -3.68.